The van der Waals surface area contributed by atoms with Crippen molar-refractivity contribution in [3.8, 4) is 0 Å². The predicted molar refractivity (Wildman–Crippen MR) is 68.7 cm³/mol. The zero-order chi connectivity index (χ0) is 13.8. The van der Waals surface area contributed by atoms with Crippen molar-refractivity contribution in [2.45, 2.75) is 38.9 Å². The molecule has 0 aliphatic carbocycles. The van der Waals surface area contributed by atoms with Crippen molar-refractivity contribution in [2.24, 2.45) is 0 Å². The molecule has 1 aliphatic rings. The molecular formula is C11H22N2O4S. The number of carbonyl (C=O) groups is 1. The molecule has 1 atom stereocenters. The third-order valence-electron chi connectivity index (χ3n) is 2.66. The Balaban J connectivity index is 2.61. The standard InChI is InChI=1S/C11H22N2O4S/c1-9(2)17-10(8-12-18(3,15)16)11(14)13-6-4-5-7-13/h9-10,12H,4-8H2,1-3H3. The molecule has 1 saturated heterocycles. The Labute approximate surface area is 109 Å². The maximum atomic E-state index is 12.2. The molecule has 1 N–H and O–H groups in total. The summed E-state index contributed by atoms with van der Waals surface area (Å²) < 4.78 is 30.0. The average molecular weight is 278 g/mol. The smallest absolute Gasteiger partial charge is 0.253 e. The SMILES string of the molecule is CC(C)OC(CNS(C)(=O)=O)C(=O)N1CCCC1. The lowest BCUT2D eigenvalue weighted by molar-refractivity contribution is -0.144. The van der Waals surface area contributed by atoms with Crippen LogP contribution in [0.15, 0.2) is 0 Å². The molecule has 0 aromatic carbocycles. The molecular weight excluding hydrogens is 256 g/mol. The number of hydrogen-bond donors (Lipinski definition) is 1. The third-order valence-corrected chi connectivity index (χ3v) is 3.35. The highest BCUT2D eigenvalue weighted by atomic mass is 32.2. The fourth-order valence-corrected chi connectivity index (χ4v) is 2.34. The van der Waals surface area contributed by atoms with E-state index in [0.29, 0.717) is 0 Å². The lowest BCUT2D eigenvalue weighted by Crippen LogP contribution is -2.46. The summed E-state index contributed by atoms with van der Waals surface area (Å²) in [5, 5.41) is 0. The second-order valence-corrected chi connectivity index (χ2v) is 6.66. The van der Waals surface area contributed by atoms with E-state index in [1.165, 1.54) is 0 Å². The molecule has 7 heteroatoms. The number of hydrogen-bond acceptors (Lipinski definition) is 4. The molecule has 0 radical (unpaired) electrons. The Morgan fingerprint density at radius 3 is 2.33 bits per heavy atom. The van der Waals surface area contributed by atoms with E-state index < -0.39 is 16.1 Å². The maximum Gasteiger partial charge on any atom is 0.253 e. The summed E-state index contributed by atoms with van der Waals surface area (Å²) in [7, 11) is -3.31. The van der Waals surface area contributed by atoms with Gasteiger partial charge in [-0.15, -0.1) is 0 Å². The Bertz CT molecular complexity index is 375. The van der Waals surface area contributed by atoms with Crippen molar-refractivity contribution in [3.63, 3.8) is 0 Å². The molecule has 1 fully saturated rings. The summed E-state index contributed by atoms with van der Waals surface area (Å²) in [5.74, 6) is -0.127. The molecule has 1 heterocycles. The molecule has 0 aromatic rings. The molecule has 1 rings (SSSR count). The van der Waals surface area contributed by atoms with E-state index in [9.17, 15) is 13.2 Å². The minimum absolute atomic E-state index is 0.00759. The molecule has 1 unspecified atom stereocenters. The van der Waals surface area contributed by atoms with E-state index in [1.54, 1.807) is 4.90 Å². The Hall–Kier alpha value is -0.660. The average Bonchev–Trinajstić information content (AvgIpc) is 2.74. The van der Waals surface area contributed by atoms with E-state index >= 15 is 0 Å². The molecule has 106 valence electrons. The first-order valence-corrected chi connectivity index (χ1v) is 8.07. The number of amides is 1. The Morgan fingerprint density at radius 2 is 1.89 bits per heavy atom. The van der Waals surface area contributed by atoms with Crippen LogP contribution in [0.1, 0.15) is 26.7 Å². The van der Waals surface area contributed by atoms with Gasteiger partial charge in [0.2, 0.25) is 10.0 Å². The molecule has 0 saturated carbocycles. The zero-order valence-corrected chi connectivity index (χ0v) is 12.0. The van der Waals surface area contributed by atoms with E-state index in [4.69, 9.17) is 4.74 Å². The predicted octanol–water partition coefficient (Wildman–Crippen LogP) is -0.0484. The lowest BCUT2D eigenvalue weighted by atomic mass is 10.3. The number of carbonyl (C=O) groups excluding carboxylic acids is 1. The topological polar surface area (TPSA) is 75.7 Å². The second kappa shape index (κ2) is 6.49. The van der Waals surface area contributed by atoms with Gasteiger partial charge in [-0.1, -0.05) is 0 Å². The normalized spacial score (nSPS) is 18.3. The van der Waals surface area contributed by atoms with Crippen LogP contribution in [0.5, 0.6) is 0 Å². The Kier molecular flexibility index (Phi) is 5.55. The van der Waals surface area contributed by atoms with E-state index in [1.807, 2.05) is 13.8 Å². The lowest BCUT2D eigenvalue weighted by Gasteiger charge is -2.24. The molecule has 0 bridgehead atoms. The van der Waals surface area contributed by atoms with Gasteiger partial charge in [0.05, 0.1) is 12.4 Å². The van der Waals surface area contributed by atoms with E-state index in [0.717, 1.165) is 32.2 Å². The first-order chi connectivity index (χ1) is 8.29. The second-order valence-electron chi connectivity index (χ2n) is 4.83. The summed E-state index contributed by atoms with van der Waals surface area (Å²) in [4.78, 5) is 13.9. The summed E-state index contributed by atoms with van der Waals surface area (Å²) in [6.07, 6.45) is 2.21. The van der Waals surface area contributed by atoms with Crippen molar-refractivity contribution in [2.75, 3.05) is 25.9 Å². The van der Waals surface area contributed by atoms with Gasteiger partial charge in [0.25, 0.3) is 5.91 Å². The highest BCUT2D eigenvalue weighted by Gasteiger charge is 2.28. The monoisotopic (exact) mass is 278 g/mol. The van der Waals surface area contributed by atoms with Crippen molar-refractivity contribution >= 4 is 15.9 Å². The zero-order valence-electron chi connectivity index (χ0n) is 11.2. The summed E-state index contributed by atoms with van der Waals surface area (Å²) in [6.45, 7) is 5.10. The van der Waals surface area contributed by atoms with Crippen LogP contribution in [0.3, 0.4) is 0 Å². The van der Waals surface area contributed by atoms with Crippen molar-refractivity contribution in [1.82, 2.24) is 9.62 Å². The van der Waals surface area contributed by atoms with Crippen LogP contribution in [0, 0.1) is 0 Å². The molecule has 0 spiro atoms. The maximum absolute atomic E-state index is 12.2. The van der Waals surface area contributed by atoms with Gasteiger partial charge < -0.3 is 9.64 Å². The minimum atomic E-state index is -3.31. The molecule has 18 heavy (non-hydrogen) atoms. The summed E-state index contributed by atoms with van der Waals surface area (Å²) in [6, 6.07) is 0. The quantitative estimate of drug-likeness (QED) is 0.739. The van der Waals surface area contributed by atoms with Crippen LogP contribution in [-0.2, 0) is 19.6 Å². The van der Waals surface area contributed by atoms with Gasteiger partial charge in [0.15, 0.2) is 0 Å². The number of ether oxygens (including phenoxy) is 1. The van der Waals surface area contributed by atoms with Crippen LogP contribution in [0.25, 0.3) is 0 Å². The molecule has 6 nitrogen and oxygen atoms in total. The van der Waals surface area contributed by atoms with Crippen LogP contribution < -0.4 is 4.72 Å². The van der Waals surface area contributed by atoms with Crippen LogP contribution >= 0.6 is 0 Å². The fraction of sp³-hybridized carbons (Fsp3) is 0.909. The van der Waals surface area contributed by atoms with Crippen molar-refractivity contribution in [3.05, 3.63) is 0 Å². The number of rotatable bonds is 6. The van der Waals surface area contributed by atoms with Gasteiger partial charge in [-0.25, -0.2) is 13.1 Å². The molecule has 0 aromatic heterocycles. The van der Waals surface area contributed by atoms with Gasteiger partial charge in [0.1, 0.15) is 6.10 Å². The van der Waals surface area contributed by atoms with Gasteiger partial charge in [0, 0.05) is 19.6 Å². The molecule has 1 aliphatic heterocycles. The summed E-state index contributed by atoms with van der Waals surface area (Å²) in [5.41, 5.74) is 0. The highest BCUT2D eigenvalue weighted by Crippen LogP contribution is 2.11. The van der Waals surface area contributed by atoms with E-state index in [-0.39, 0.29) is 18.6 Å². The largest absolute Gasteiger partial charge is 0.364 e. The van der Waals surface area contributed by atoms with E-state index in [2.05, 4.69) is 4.72 Å². The van der Waals surface area contributed by atoms with Crippen molar-refractivity contribution < 1.29 is 17.9 Å². The van der Waals surface area contributed by atoms with Crippen LogP contribution in [0.4, 0.5) is 0 Å². The van der Waals surface area contributed by atoms with Gasteiger partial charge in [-0.2, -0.15) is 0 Å². The first-order valence-electron chi connectivity index (χ1n) is 6.18. The number of nitrogens with one attached hydrogen (secondary N) is 1. The van der Waals surface area contributed by atoms with Crippen LogP contribution in [-0.4, -0.2) is 57.3 Å². The van der Waals surface area contributed by atoms with Gasteiger partial charge >= 0.3 is 0 Å². The third kappa shape index (κ3) is 5.32. The van der Waals surface area contributed by atoms with Crippen LogP contribution in [0.2, 0.25) is 0 Å². The fourth-order valence-electron chi connectivity index (χ4n) is 1.89. The Morgan fingerprint density at radius 1 is 1.33 bits per heavy atom. The van der Waals surface area contributed by atoms with Gasteiger partial charge in [-0.05, 0) is 26.7 Å². The number of nitrogens with zero attached hydrogens (tertiary/aromatic N) is 1. The van der Waals surface area contributed by atoms with Gasteiger partial charge in [-0.3, -0.25) is 4.79 Å². The number of likely N-dealkylation sites (tertiary alicyclic amines) is 1. The van der Waals surface area contributed by atoms with Crippen molar-refractivity contribution in [1.29, 1.82) is 0 Å². The number of sulfonamides is 1. The minimum Gasteiger partial charge on any atom is -0.364 e. The summed E-state index contributed by atoms with van der Waals surface area (Å²) >= 11 is 0. The first kappa shape index (κ1) is 15.4. The highest BCUT2D eigenvalue weighted by molar-refractivity contribution is 7.88. The molecule has 1 amide bonds.